The van der Waals surface area contributed by atoms with Crippen LogP contribution in [0.2, 0.25) is 0 Å². The number of ether oxygens (including phenoxy) is 1. The average molecular weight is 411 g/mol. The SMILES string of the molecule is COC(=O)C(C)CN(CC(=O)N1CCN(c2ccccn2)CC1)Cc1ccccc1. The second kappa shape index (κ2) is 10.7. The summed E-state index contributed by atoms with van der Waals surface area (Å²) in [6.45, 7) is 6.06. The number of piperazine rings is 1. The number of hydrogen-bond acceptors (Lipinski definition) is 6. The molecule has 1 saturated heterocycles. The Morgan fingerprint density at radius 3 is 2.40 bits per heavy atom. The van der Waals surface area contributed by atoms with E-state index < -0.39 is 0 Å². The highest BCUT2D eigenvalue weighted by molar-refractivity contribution is 5.79. The molecule has 7 nitrogen and oxygen atoms in total. The van der Waals surface area contributed by atoms with Gasteiger partial charge in [-0.25, -0.2) is 4.98 Å². The Morgan fingerprint density at radius 2 is 1.77 bits per heavy atom. The minimum absolute atomic E-state index is 0.0867. The number of benzene rings is 1. The molecule has 30 heavy (non-hydrogen) atoms. The Balaban J connectivity index is 1.59. The molecular formula is C23H30N4O3. The van der Waals surface area contributed by atoms with Crippen molar-refractivity contribution in [2.75, 3.05) is 51.3 Å². The quantitative estimate of drug-likeness (QED) is 0.621. The highest BCUT2D eigenvalue weighted by Gasteiger charge is 2.25. The highest BCUT2D eigenvalue weighted by atomic mass is 16.5. The third kappa shape index (κ3) is 6.03. The van der Waals surface area contributed by atoms with Crippen LogP contribution in [0.25, 0.3) is 0 Å². The number of pyridine rings is 1. The van der Waals surface area contributed by atoms with Crippen molar-refractivity contribution in [2.45, 2.75) is 13.5 Å². The number of carbonyl (C=O) groups is 2. The van der Waals surface area contributed by atoms with Crippen molar-refractivity contribution in [3.63, 3.8) is 0 Å². The summed E-state index contributed by atoms with van der Waals surface area (Å²) in [6.07, 6.45) is 1.79. The number of hydrogen-bond donors (Lipinski definition) is 0. The van der Waals surface area contributed by atoms with Gasteiger partial charge in [-0.15, -0.1) is 0 Å². The molecule has 0 saturated carbocycles. The minimum Gasteiger partial charge on any atom is -0.469 e. The summed E-state index contributed by atoms with van der Waals surface area (Å²) in [7, 11) is 1.40. The van der Waals surface area contributed by atoms with Gasteiger partial charge in [0.1, 0.15) is 5.82 Å². The zero-order valence-electron chi connectivity index (χ0n) is 17.7. The summed E-state index contributed by atoms with van der Waals surface area (Å²) in [5.41, 5.74) is 1.11. The van der Waals surface area contributed by atoms with E-state index in [1.807, 2.05) is 65.3 Å². The van der Waals surface area contributed by atoms with Crippen LogP contribution in [0.1, 0.15) is 12.5 Å². The van der Waals surface area contributed by atoms with Crippen LogP contribution in [0, 0.1) is 5.92 Å². The Labute approximate surface area is 178 Å². The van der Waals surface area contributed by atoms with Crippen LogP contribution in [0.15, 0.2) is 54.7 Å². The molecule has 1 unspecified atom stereocenters. The Bertz CT molecular complexity index is 808. The van der Waals surface area contributed by atoms with Crippen molar-refractivity contribution in [3.05, 3.63) is 60.3 Å². The molecular weight excluding hydrogens is 380 g/mol. The summed E-state index contributed by atoms with van der Waals surface area (Å²) in [5.74, 6) is 0.475. The van der Waals surface area contributed by atoms with Crippen molar-refractivity contribution in [2.24, 2.45) is 5.92 Å². The van der Waals surface area contributed by atoms with E-state index in [-0.39, 0.29) is 24.3 Å². The first kappa shape index (κ1) is 21.8. The fourth-order valence-corrected chi connectivity index (χ4v) is 3.71. The Hall–Kier alpha value is -2.93. The fraction of sp³-hybridized carbons (Fsp3) is 0.435. The molecule has 0 bridgehead atoms. The van der Waals surface area contributed by atoms with Gasteiger partial charge in [-0.1, -0.05) is 43.3 Å². The Kier molecular flexibility index (Phi) is 7.79. The molecule has 7 heteroatoms. The van der Waals surface area contributed by atoms with Crippen LogP contribution < -0.4 is 4.90 Å². The molecule has 0 aliphatic carbocycles. The molecule has 1 atom stereocenters. The predicted molar refractivity (Wildman–Crippen MR) is 116 cm³/mol. The molecule has 3 rings (SSSR count). The molecule has 1 aliphatic heterocycles. The third-order valence-corrected chi connectivity index (χ3v) is 5.35. The van der Waals surface area contributed by atoms with Gasteiger partial charge in [0, 0.05) is 45.5 Å². The van der Waals surface area contributed by atoms with Crippen molar-refractivity contribution in [3.8, 4) is 0 Å². The maximum atomic E-state index is 13.0. The van der Waals surface area contributed by atoms with E-state index >= 15 is 0 Å². The lowest BCUT2D eigenvalue weighted by molar-refractivity contribution is -0.146. The second-order valence-corrected chi connectivity index (χ2v) is 7.64. The van der Waals surface area contributed by atoms with Gasteiger partial charge >= 0.3 is 5.97 Å². The van der Waals surface area contributed by atoms with Gasteiger partial charge in [-0.3, -0.25) is 14.5 Å². The number of esters is 1. The molecule has 1 aromatic heterocycles. The van der Waals surface area contributed by atoms with Crippen molar-refractivity contribution < 1.29 is 14.3 Å². The van der Waals surface area contributed by atoms with Crippen molar-refractivity contribution >= 4 is 17.7 Å². The number of nitrogens with zero attached hydrogens (tertiary/aromatic N) is 4. The van der Waals surface area contributed by atoms with Crippen LogP contribution in [0.5, 0.6) is 0 Å². The first-order valence-corrected chi connectivity index (χ1v) is 10.3. The van der Waals surface area contributed by atoms with E-state index in [4.69, 9.17) is 4.74 Å². The largest absolute Gasteiger partial charge is 0.469 e. The Morgan fingerprint density at radius 1 is 1.07 bits per heavy atom. The maximum Gasteiger partial charge on any atom is 0.309 e. The predicted octanol–water partition coefficient (Wildman–Crippen LogP) is 2.04. The molecule has 0 spiro atoms. The van der Waals surface area contributed by atoms with E-state index in [0.717, 1.165) is 24.5 Å². The lowest BCUT2D eigenvalue weighted by Crippen LogP contribution is -2.51. The van der Waals surface area contributed by atoms with Gasteiger partial charge < -0.3 is 14.5 Å². The molecule has 0 N–H and O–H groups in total. The molecule has 1 aromatic carbocycles. The topological polar surface area (TPSA) is 66.0 Å². The fourth-order valence-electron chi connectivity index (χ4n) is 3.71. The van der Waals surface area contributed by atoms with Gasteiger partial charge in [0.15, 0.2) is 0 Å². The molecule has 0 radical (unpaired) electrons. The molecule has 1 fully saturated rings. The van der Waals surface area contributed by atoms with Crippen LogP contribution in [-0.2, 0) is 20.9 Å². The van der Waals surface area contributed by atoms with E-state index in [2.05, 4.69) is 9.88 Å². The number of methoxy groups -OCH3 is 1. The summed E-state index contributed by atoms with van der Waals surface area (Å²) >= 11 is 0. The number of aromatic nitrogens is 1. The zero-order valence-corrected chi connectivity index (χ0v) is 17.7. The van der Waals surface area contributed by atoms with Crippen molar-refractivity contribution in [1.29, 1.82) is 0 Å². The van der Waals surface area contributed by atoms with Crippen LogP contribution >= 0.6 is 0 Å². The van der Waals surface area contributed by atoms with Crippen LogP contribution in [0.3, 0.4) is 0 Å². The number of anilines is 1. The molecule has 1 amide bonds. The van der Waals surface area contributed by atoms with Crippen molar-refractivity contribution in [1.82, 2.24) is 14.8 Å². The standard InChI is InChI=1S/C23H30N4O3/c1-19(23(29)30-2)16-25(17-20-8-4-3-5-9-20)18-22(28)27-14-12-26(13-15-27)21-10-6-7-11-24-21/h3-11,19H,12-18H2,1-2H3. The van der Waals surface area contributed by atoms with E-state index in [1.165, 1.54) is 7.11 Å². The smallest absolute Gasteiger partial charge is 0.309 e. The lowest BCUT2D eigenvalue weighted by atomic mass is 10.1. The average Bonchev–Trinajstić information content (AvgIpc) is 2.79. The van der Waals surface area contributed by atoms with Crippen LogP contribution in [0.4, 0.5) is 5.82 Å². The van der Waals surface area contributed by atoms with E-state index in [0.29, 0.717) is 26.2 Å². The lowest BCUT2D eigenvalue weighted by Gasteiger charge is -2.36. The first-order valence-electron chi connectivity index (χ1n) is 10.3. The van der Waals surface area contributed by atoms with Crippen LogP contribution in [-0.4, -0.2) is 73.0 Å². The number of amides is 1. The maximum absolute atomic E-state index is 13.0. The summed E-state index contributed by atoms with van der Waals surface area (Å²) in [5, 5.41) is 0. The monoisotopic (exact) mass is 410 g/mol. The second-order valence-electron chi connectivity index (χ2n) is 7.64. The number of rotatable bonds is 8. The summed E-state index contributed by atoms with van der Waals surface area (Å²) < 4.78 is 4.87. The molecule has 2 heterocycles. The molecule has 2 aromatic rings. The van der Waals surface area contributed by atoms with Gasteiger partial charge in [-0.2, -0.15) is 0 Å². The number of carbonyl (C=O) groups excluding carboxylic acids is 2. The van der Waals surface area contributed by atoms with Gasteiger partial charge in [0.25, 0.3) is 0 Å². The summed E-state index contributed by atoms with van der Waals surface area (Å²) in [4.78, 5) is 35.4. The first-order chi connectivity index (χ1) is 14.6. The highest BCUT2D eigenvalue weighted by Crippen LogP contribution is 2.14. The van der Waals surface area contributed by atoms with Gasteiger partial charge in [0.05, 0.1) is 19.6 Å². The van der Waals surface area contributed by atoms with Gasteiger partial charge in [-0.05, 0) is 17.7 Å². The summed E-state index contributed by atoms with van der Waals surface area (Å²) in [6, 6.07) is 15.9. The third-order valence-electron chi connectivity index (χ3n) is 5.35. The van der Waals surface area contributed by atoms with E-state index in [9.17, 15) is 9.59 Å². The zero-order chi connectivity index (χ0) is 21.3. The minimum atomic E-state index is -0.299. The van der Waals surface area contributed by atoms with Gasteiger partial charge in [0.2, 0.25) is 5.91 Å². The molecule has 1 aliphatic rings. The normalized spacial score (nSPS) is 15.2. The molecule has 160 valence electrons. The van der Waals surface area contributed by atoms with E-state index in [1.54, 1.807) is 6.20 Å².